The molecule has 3 aromatic rings. The van der Waals surface area contributed by atoms with Gasteiger partial charge in [0.1, 0.15) is 6.54 Å². The van der Waals surface area contributed by atoms with E-state index in [2.05, 4.69) is 15.9 Å². The number of halogens is 1. The molecule has 0 saturated carbocycles. The molecule has 0 atom stereocenters. The molecule has 5 heteroatoms. The first-order chi connectivity index (χ1) is 12.6. The van der Waals surface area contributed by atoms with Crippen molar-refractivity contribution in [3.63, 3.8) is 0 Å². The number of rotatable bonds is 6. The summed E-state index contributed by atoms with van der Waals surface area (Å²) in [4.78, 5) is 26.7. The first-order valence-corrected chi connectivity index (χ1v) is 9.13. The van der Waals surface area contributed by atoms with Crippen LogP contribution < -0.4 is 5.56 Å². The van der Waals surface area contributed by atoms with Crippen LogP contribution in [0, 0.1) is 0 Å². The third-order valence-electron chi connectivity index (χ3n) is 4.04. The monoisotopic (exact) mass is 410 g/mol. The summed E-state index contributed by atoms with van der Waals surface area (Å²) in [5.41, 5.74) is 1.91. The summed E-state index contributed by atoms with van der Waals surface area (Å²) in [5, 5.41) is 0. The van der Waals surface area contributed by atoms with Crippen LogP contribution in [-0.2, 0) is 24.4 Å². The van der Waals surface area contributed by atoms with Crippen LogP contribution in [0.4, 0.5) is 0 Å². The highest BCUT2D eigenvalue weighted by Crippen LogP contribution is 2.12. The highest BCUT2D eigenvalue weighted by Gasteiger charge is 2.16. The lowest BCUT2D eigenvalue weighted by molar-refractivity contribution is -0.133. The molecule has 0 aliphatic heterocycles. The smallest absolute Gasteiger partial charge is 0.251 e. The van der Waals surface area contributed by atoms with Crippen LogP contribution in [0.25, 0.3) is 0 Å². The average Bonchev–Trinajstić information content (AvgIpc) is 2.66. The van der Waals surface area contributed by atoms with E-state index in [1.165, 1.54) is 10.6 Å². The van der Waals surface area contributed by atoms with E-state index < -0.39 is 0 Å². The largest absolute Gasteiger partial charge is 0.332 e. The zero-order chi connectivity index (χ0) is 18.4. The highest BCUT2D eigenvalue weighted by molar-refractivity contribution is 9.10. The second kappa shape index (κ2) is 8.63. The van der Waals surface area contributed by atoms with Gasteiger partial charge in [0.05, 0.1) is 0 Å². The quantitative estimate of drug-likeness (QED) is 0.619. The van der Waals surface area contributed by atoms with E-state index >= 15 is 0 Å². The van der Waals surface area contributed by atoms with Crippen LogP contribution >= 0.6 is 15.9 Å². The minimum atomic E-state index is -0.194. The Morgan fingerprint density at radius 2 is 1.38 bits per heavy atom. The van der Waals surface area contributed by atoms with Gasteiger partial charge in [-0.2, -0.15) is 0 Å². The van der Waals surface area contributed by atoms with Crippen molar-refractivity contribution in [3.05, 3.63) is 105 Å². The molecule has 0 saturated heterocycles. The first-order valence-electron chi connectivity index (χ1n) is 8.33. The van der Waals surface area contributed by atoms with Crippen molar-refractivity contribution in [1.29, 1.82) is 0 Å². The van der Waals surface area contributed by atoms with Gasteiger partial charge in [0.25, 0.3) is 5.56 Å². The predicted molar refractivity (Wildman–Crippen MR) is 106 cm³/mol. The summed E-state index contributed by atoms with van der Waals surface area (Å²) in [6.07, 6.45) is 1.64. The van der Waals surface area contributed by atoms with Crippen LogP contribution in [0.2, 0.25) is 0 Å². The Morgan fingerprint density at radius 1 is 0.846 bits per heavy atom. The second-order valence-corrected chi connectivity index (χ2v) is 6.95. The van der Waals surface area contributed by atoms with Gasteiger partial charge in [-0.3, -0.25) is 9.59 Å². The maximum absolute atomic E-state index is 12.9. The van der Waals surface area contributed by atoms with Crippen molar-refractivity contribution in [1.82, 2.24) is 9.47 Å². The molecule has 1 aromatic heterocycles. The molecule has 4 nitrogen and oxygen atoms in total. The van der Waals surface area contributed by atoms with E-state index in [0.29, 0.717) is 13.1 Å². The van der Waals surface area contributed by atoms with Gasteiger partial charge in [0.15, 0.2) is 0 Å². The molecule has 0 aliphatic rings. The van der Waals surface area contributed by atoms with Gasteiger partial charge in [-0.1, -0.05) is 60.7 Å². The first kappa shape index (κ1) is 18.1. The number of nitrogens with zero attached hydrogens (tertiary/aromatic N) is 2. The Kier molecular flexibility index (Phi) is 6.02. The van der Waals surface area contributed by atoms with E-state index in [9.17, 15) is 9.59 Å². The Hall–Kier alpha value is -2.66. The van der Waals surface area contributed by atoms with E-state index in [1.54, 1.807) is 17.2 Å². The SMILES string of the molecule is O=C(Cn1cc(Br)ccc1=O)N(Cc1ccccc1)Cc1ccccc1. The number of carbonyl (C=O) groups is 1. The van der Waals surface area contributed by atoms with E-state index in [0.717, 1.165) is 15.6 Å². The number of hydrogen-bond donors (Lipinski definition) is 0. The lowest BCUT2D eigenvalue weighted by atomic mass is 10.1. The van der Waals surface area contributed by atoms with Gasteiger partial charge < -0.3 is 9.47 Å². The van der Waals surface area contributed by atoms with Crippen molar-refractivity contribution in [3.8, 4) is 0 Å². The molecule has 132 valence electrons. The molecule has 0 aliphatic carbocycles. The number of aromatic nitrogens is 1. The van der Waals surface area contributed by atoms with E-state index in [4.69, 9.17) is 0 Å². The number of carbonyl (C=O) groups excluding carboxylic acids is 1. The van der Waals surface area contributed by atoms with Crippen LogP contribution in [0.3, 0.4) is 0 Å². The third kappa shape index (κ3) is 4.92. The fraction of sp³-hybridized carbons (Fsp3) is 0.143. The Bertz CT molecular complexity index is 882. The molecule has 0 radical (unpaired) electrons. The summed E-state index contributed by atoms with van der Waals surface area (Å²) < 4.78 is 2.19. The van der Waals surface area contributed by atoms with Crippen molar-refractivity contribution >= 4 is 21.8 Å². The molecule has 0 unspecified atom stereocenters. The van der Waals surface area contributed by atoms with Crippen LogP contribution in [0.1, 0.15) is 11.1 Å². The molecule has 2 aromatic carbocycles. The minimum absolute atomic E-state index is 0.0118. The maximum atomic E-state index is 12.9. The minimum Gasteiger partial charge on any atom is -0.332 e. The number of hydrogen-bond acceptors (Lipinski definition) is 2. The van der Waals surface area contributed by atoms with Gasteiger partial charge in [0.2, 0.25) is 5.91 Å². The topological polar surface area (TPSA) is 42.3 Å². The molecule has 0 spiro atoms. The zero-order valence-electron chi connectivity index (χ0n) is 14.2. The van der Waals surface area contributed by atoms with Gasteiger partial charge in [-0.05, 0) is 33.1 Å². The lowest BCUT2D eigenvalue weighted by Crippen LogP contribution is -2.35. The molecule has 26 heavy (non-hydrogen) atoms. The number of benzene rings is 2. The molecule has 3 rings (SSSR count). The molecular formula is C21H19BrN2O2. The highest BCUT2D eigenvalue weighted by atomic mass is 79.9. The number of amides is 1. The summed E-state index contributed by atoms with van der Waals surface area (Å²) >= 11 is 3.35. The van der Waals surface area contributed by atoms with Gasteiger partial charge in [0, 0.05) is 29.8 Å². The van der Waals surface area contributed by atoms with Gasteiger partial charge in [-0.25, -0.2) is 0 Å². The fourth-order valence-corrected chi connectivity index (χ4v) is 3.09. The average molecular weight is 411 g/mol. The Labute approximate surface area is 160 Å². The van der Waals surface area contributed by atoms with Crippen molar-refractivity contribution in [2.75, 3.05) is 0 Å². The zero-order valence-corrected chi connectivity index (χ0v) is 15.8. The summed E-state index contributed by atoms with van der Waals surface area (Å²) in [5.74, 6) is -0.0992. The predicted octanol–water partition coefficient (Wildman–Crippen LogP) is 3.84. The molecule has 1 amide bonds. The Morgan fingerprint density at radius 3 is 1.92 bits per heavy atom. The van der Waals surface area contributed by atoms with Crippen molar-refractivity contribution in [2.24, 2.45) is 0 Å². The molecule has 0 bridgehead atoms. The second-order valence-electron chi connectivity index (χ2n) is 6.03. The van der Waals surface area contributed by atoms with E-state index in [1.807, 2.05) is 60.7 Å². The summed E-state index contributed by atoms with van der Waals surface area (Å²) in [6, 6.07) is 22.9. The lowest BCUT2D eigenvalue weighted by Gasteiger charge is -2.23. The molecular weight excluding hydrogens is 392 g/mol. The molecule has 0 N–H and O–H groups in total. The number of pyridine rings is 1. The Balaban J connectivity index is 1.82. The summed E-state index contributed by atoms with van der Waals surface area (Å²) in [6.45, 7) is 1.01. The maximum Gasteiger partial charge on any atom is 0.251 e. The normalized spacial score (nSPS) is 10.5. The van der Waals surface area contributed by atoms with Crippen LogP contribution in [0.15, 0.2) is 88.3 Å². The van der Waals surface area contributed by atoms with Crippen LogP contribution in [-0.4, -0.2) is 15.4 Å². The standard InChI is InChI=1S/C21H19BrN2O2/c22-19-11-12-20(25)24(15-19)16-21(26)23(13-17-7-3-1-4-8-17)14-18-9-5-2-6-10-18/h1-12,15H,13-14,16H2. The molecule has 1 heterocycles. The van der Waals surface area contributed by atoms with Crippen molar-refractivity contribution < 1.29 is 4.79 Å². The van der Waals surface area contributed by atoms with Crippen molar-refractivity contribution in [2.45, 2.75) is 19.6 Å². The fourth-order valence-electron chi connectivity index (χ4n) is 2.71. The third-order valence-corrected chi connectivity index (χ3v) is 4.51. The summed E-state index contributed by atoms with van der Waals surface area (Å²) in [7, 11) is 0. The van der Waals surface area contributed by atoms with E-state index in [-0.39, 0.29) is 18.0 Å². The molecule has 0 fully saturated rings. The van der Waals surface area contributed by atoms with Gasteiger partial charge in [-0.15, -0.1) is 0 Å². The van der Waals surface area contributed by atoms with Gasteiger partial charge >= 0.3 is 0 Å². The van der Waals surface area contributed by atoms with Crippen LogP contribution in [0.5, 0.6) is 0 Å².